The summed E-state index contributed by atoms with van der Waals surface area (Å²) < 4.78 is 1.04. The number of hydrogen-bond donors (Lipinski definition) is 1. The lowest BCUT2D eigenvalue weighted by Gasteiger charge is -2.24. The molecule has 0 saturated carbocycles. The molecule has 0 bridgehead atoms. The molecule has 19 heavy (non-hydrogen) atoms. The maximum Gasteiger partial charge on any atom is 0.148 e. The van der Waals surface area contributed by atoms with E-state index in [1.54, 1.807) is 0 Å². The summed E-state index contributed by atoms with van der Waals surface area (Å²) in [6.45, 7) is 4.13. The predicted molar refractivity (Wildman–Crippen MR) is 81.6 cm³/mol. The van der Waals surface area contributed by atoms with Crippen molar-refractivity contribution in [2.24, 2.45) is 5.73 Å². The van der Waals surface area contributed by atoms with Crippen LogP contribution in [0.5, 0.6) is 0 Å². The minimum absolute atomic E-state index is 0.424. The monoisotopic (exact) mass is 319 g/mol. The molecule has 2 aromatic rings. The molecule has 1 aromatic heterocycles. The highest BCUT2D eigenvalue weighted by Crippen LogP contribution is 2.28. The van der Waals surface area contributed by atoms with Gasteiger partial charge in [-0.05, 0) is 24.5 Å². The average molecular weight is 320 g/mol. The SMILES string of the molecule is CCC(N)(CC)c1ncc(-c2ccccc2Br)cn1. The van der Waals surface area contributed by atoms with Gasteiger partial charge in [-0.3, -0.25) is 0 Å². The van der Waals surface area contributed by atoms with E-state index in [0.29, 0.717) is 5.82 Å². The summed E-state index contributed by atoms with van der Waals surface area (Å²) in [7, 11) is 0. The summed E-state index contributed by atoms with van der Waals surface area (Å²) in [4.78, 5) is 8.91. The van der Waals surface area contributed by atoms with E-state index in [9.17, 15) is 0 Å². The van der Waals surface area contributed by atoms with Crippen molar-refractivity contribution in [2.45, 2.75) is 32.2 Å². The Kier molecular flexibility index (Phi) is 4.32. The minimum Gasteiger partial charge on any atom is -0.319 e. The van der Waals surface area contributed by atoms with Crippen molar-refractivity contribution in [1.29, 1.82) is 0 Å². The van der Waals surface area contributed by atoms with E-state index in [2.05, 4.69) is 39.7 Å². The van der Waals surface area contributed by atoms with Crippen molar-refractivity contribution in [3.63, 3.8) is 0 Å². The van der Waals surface area contributed by atoms with Gasteiger partial charge in [-0.1, -0.05) is 48.0 Å². The van der Waals surface area contributed by atoms with Crippen LogP contribution in [0.25, 0.3) is 11.1 Å². The van der Waals surface area contributed by atoms with Crippen molar-refractivity contribution in [2.75, 3.05) is 0 Å². The number of rotatable bonds is 4. The van der Waals surface area contributed by atoms with Crippen LogP contribution in [-0.4, -0.2) is 9.97 Å². The maximum absolute atomic E-state index is 6.30. The third-order valence-electron chi connectivity index (χ3n) is 3.54. The Balaban J connectivity index is 2.37. The Hall–Kier alpha value is -1.26. The summed E-state index contributed by atoms with van der Waals surface area (Å²) in [5.74, 6) is 0.716. The first-order valence-electron chi connectivity index (χ1n) is 6.47. The first kappa shape index (κ1) is 14.2. The zero-order valence-electron chi connectivity index (χ0n) is 11.2. The van der Waals surface area contributed by atoms with Crippen LogP contribution in [0.1, 0.15) is 32.5 Å². The second-order valence-corrected chi connectivity index (χ2v) is 5.49. The van der Waals surface area contributed by atoms with E-state index < -0.39 is 5.54 Å². The van der Waals surface area contributed by atoms with E-state index in [4.69, 9.17) is 5.73 Å². The van der Waals surface area contributed by atoms with Crippen molar-refractivity contribution in [3.8, 4) is 11.1 Å². The number of nitrogens with zero attached hydrogens (tertiary/aromatic N) is 2. The molecule has 2 rings (SSSR count). The first-order chi connectivity index (χ1) is 9.10. The molecule has 0 saturated heterocycles. The number of halogens is 1. The van der Waals surface area contributed by atoms with Gasteiger partial charge in [0.25, 0.3) is 0 Å². The lowest BCUT2D eigenvalue weighted by atomic mass is 9.93. The van der Waals surface area contributed by atoms with Crippen molar-refractivity contribution in [3.05, 3.63) is 47.0 Å². The zero-order chi connectivity index (χ0) is 13.9. The number of nitrogens with two attached hydrogens (primary N) is 1. The highest BCUT2D eigenvalue weighted by atomic mass is 79.9. The standard InChI is InChI=1S/C15H18BrN3/c1-3-15(17,4-2)14-18-9-11(10-19-14)12-7-5-6-8-13(12)16/h5-10H,3-4,17H2,1-2H3. The largest absolute Gasteiger partial charge is 0.319 e. The maximum atomic E-state index is 6.30. The van der Waals surface area contributed by atoms with Crippen molar-refractivity contribution in [1.82, 2.24) is 9.97 Å². The highest BCUT2D eigenvalue weighted by Gasteiger charge is 2.26. The van der Waals surface area contributed by atoms with Gasteiger partial charge in [-0.25, -0.2) is 9.97 Å². The van der Waals surface area contributed by atoms with Crippen LogP contribution < -0.4 is 5.73 Å². The third-order valence-corrected chi connectivity index (χ3v) is 4.24. The van der Waals surface area contributed by atoms with Crippen molar-refractivity contribution >= 4 is 15.9 Å². The van der Waals surface area contributed by atoms with Crippen LogP contribution in [0.15, 0.2) is 41.1 Å². The smallest absolute Gasteiger partial charge is 0.148 e. The predicted octanol–water partition coefficient (Wildman–Crippen LogP) is 3.88. The van der Waals surface area contributed by atoms with Crippen LogP contribution >= 0.6 is 15.9 Å². The summed E-state index contributed by atoms with van der Waals surface area (Å²) in [5, 5.41) is 0. The van der Waals surface area contributed by atoms with Crippen molar-refractivity contribution < 1.29 is 0 Å². The second-order valence-electron chi connectivity index (χ2n) is 4.64. The van der Waals surface area contributed by atoms with E-state index in [0.717, 1.165) is 28.4 Å². The van der Waals surface area contributed by atoms with Crippen LogP contribution in [0.2, 0.25) is 0 Å². The lowest BCUT2D eigenvalue weighted by molar-refractivity contribution is 0.387. The molecule has 0 aliphatic carbocycles. The van der Waals surface area contributed by atoms with E-state index in [1.807, 2.05) is 36.7 Å². The summed E-state index contributed by atoms with van der Waals surface area (Å²) >= 11 is 3.54. The molecule has 0 unspecified atom stereocenters. The average Bonchev–Trinajstić information content (AvgIpc) is 2.47. The molecule has 100 valence electrons. The topological polar surface area (TPSA) is 51.8 Å². The van der Waals surface area contributed by atoms with Gasteiger partial charge >= 0.3 is 0 Å². The second kappa shape index (κ2) is 5.80. The number of benzene rings is 1. The molecule has 0 aliphatic rings. The lowest BCUT2D eigenvalue weighted by Crippen LogP contribution is -2.37. The zero-order valence-corrected chi connectivity index (χ0v) is 12.8. The summed E-state index contributed by atoms with van der Waals surface area (Å²) in [5.41, 5.74) is 7.96. The van der Waals surface area contributed by atoms with Crippen LogP contribution in [0.3, 0.4) is 0 Å². The van der Waals surface area contributed by atoms with Gasteiger partial charge in [0.1, 0.15) is 5.82 Å². The minimum atomic E-state index is -0.424. The van der Waals surface area contributed by atoms with Gasteiger partial charge in [0.15, 0.2) is 0 Å². The van der Waals surface area contributed by atoms with Gasteiger partial charge < -0.3 is 5.73 Å². The Morgan fingerprint density at radius 2 is 1.68 bits per heavy atom. The Morgan fingerprint density at radius 1 is 1.11 bits per heavy atom. The van der Waals surface area contributed by atoms with Gasteiger partial charge in [0, 0.05) is 22.4 Å². The molecular weight excluding hydrogens is 302 g/mol. The quantitative estimate of drug-likeness (QED) is 0.930. The fourth-order valence-electron chi connectivity index (χ4n) is 1.99. The molecule has 4 heteroatoms. The molecule has 3 nitrogen and oxygen atoms in total. The molecule has 0 fully saturated rings. The molecule has 2 N–H and O–H groups in total. The summed E-state index contributed by atoms with van der Waals surface area (Å²) in [6, 6.07) is 8.04. The molecule has 0 radical (unpaired) electrons. The molecule has 1 heterocycles. The molecule has 0 atom stereocenters. The molecule has 0 aliphatic heterocycles. The van der Waals surface area contributed by atoms with Crippen LogP contribution in [0, 0.1) is 0 Å². The Bertz CT molecular complexity index is 548. The Labute approximate surface area is 122 Å². The molecular formula is C15H18BrN3. The normalized spacial score (nSPS) is 11.6. The fourth-order valence-corrected chi connectivity index (χ4v) is 2.50. The molecule has 0 amide bonds. The third kappa shape index (κ3) is 2.85. The van der Waals surface area contributed by atoms with E-state index >= 15 is 0 Å². The molecule has 0 spiro atoms. The summed E-state index contributed by atoms with van der Waals surface area (Å²) in [6.07, 6.45) is 5.35. The van der Waals surface area contributed by atoms with Gasteiger partial charge in [0.05, 0.1) is 5.54 Å². The van der Waals surface area contributed by atoms with Gasteiger partial charge in [0.2, 0.25) is 0 Å². The van der Waals surface area contributed by atoms with Gasteiger partial charge in [-0.2, -0.15) is 0 Å². The fraction of sp³-hybridized carbons (Fsp3) is 0.333. The first-order valence-corrected chi connectivity index (χ1v) is 7.26. The highest BCUT2D eigenvalue weighted by molar-refractivity contribution is 9.10. The van der Waals surface area contributed by atoms with Gasteiger partial charge in [-0.15, -0.1) is 0 Å². The Morgan fingerprint density at radius 3 is 2.21 bits per heavy atom. The van der Waals surface area contributed by atoms with Crippen LogP contribution in [-0.2, 0) is 5.54 Å². The van der Waals surface area contributed by atoms with E-state index in [1.165, 1.54) is 0 Å². The van der Waals surface area contributed by atoms with Crippen LogP contribution in [0.4, 0.5) is 0 Å². The number of aromatic nitrogens is 2. The van der Waals surface area contributed by atoms with E-state index in [-0.39, 0.29) is 0 Å². The number of hydrogen-bond acceptors (Lipinski definition) is 3. The molecule has 1 aromatic carbocycles.